The van der Waals surface area contributed by atoms with Gasteiger partial charge in [0.05, 0.1) is 17.1 Å². The minimum atomic E-state index is 0.383. The molecule has 38 heavy (non-hydrogen) atoms. The number of para-hydroxylation sites is 1. The van der Waals surface area contributed by atoms with Gasteiger partial charge < -0.3 is 14.5 Å². The number of aromatic amines is 1. The number of nitrogens with one attached hydrogen (secondary N) is 1. The van der Waals surface area contributed by atoms with Crippen molar-refractivity contribution in [1.29, 1.82) is 0 Å². The van der Waals surface area contributed by atoms with Crippen molar-refractivity contribution < 1.29 is 4.74 Å². The highest BCUT2D eigenvalue weighted by molar-refractivity contribution is 6.04. The third-order valence-corrected chi connectivity index (χ3v) is 6.02. The molecular weight excluding hydrogens is 475 g/mol. The van der Waals surface area contributed by atoms with E-state index in [0.29, 0.717) is 24.7 Å². The molecule has 0 saturated heterocycles. The lowest BCUT2D eigenvalue weighted by molar-refractivity contribution is 0.413. The SMILES string of the molecule is [B]N(Cc1nc(-c2ccc3ncnn3c2)c(-c2cccc(C)n2)[nH]1)Cc1ccccc1Oc1ccncc1. The lowest BCUT2D eigenvalue weighted by Crippen LogP contribution is -2.20. The molecule has 0 aliphatic rings. The number of aryl methyl sites for hydroxylation is 1. The highest BCUT2D eigenvalue weighted by Gasteiger charge is 2.18. The van der Waals surface area contributed by atoms with E-state index in [2.05, 4.69) is 20.1 Å². The first kappa shape index (κ1) is 23.6. The second-order valence-electron chi connectivity index (χ2n) is 8.85. The number of hydrogen-bond acceptors (Lipinski definition) is 7. The van der Waals surface area contributed by atoms with Crippen molar-refractivity contribution in [2.24, 2.45) is 0 Å². The molecule has 0 aliphatic heterocycles. The quantitative estimate of drug-likeness (QED) is 0.302. The molecule has 0 unspecified atom stereocenters. The first-order valence-corrected chi connectivity index (χ1v) is 12.1. The molecule has 0 amide bonds. The molecule has 0 spiro atoms. The fraction of sp³-hybridized carbons (Fsp3) is 0.107. The minimum absolute atomic E-state index is 0.383. The number of fused-ring (bicyclic) bond motifs is 1. The zero-order valence-electron chi connectivity index (χ0n) is 20.7. The summed E-state index contributed by atoms with van der Waals surface area (Å²) in [4.78, 5) is 23.1. The van der Waals surface area contributed by atoms with Crippen molar-refractivity contribution in [1.82, 2.24) is 39.3 Å². The van der Waals surface area contributed by atoms with Crippen LogP contribution in [0.2, 0.25) is 0 Å². The van der Waals surface area contributed by atoms with Gasteiger partial charge >= 0.3 is 0 Å². The first-order chi connectivity index (χ1) is 18.6. The van der Waals surface area contributed by atoms with Gasteiger partial charge in [-0.25, -0.2) is 14.5 Å². The van der Waals surface area contributed by atoms with E-state index in [4.69, 9.17) is 22.7 Å². The predicted octanol–water partition coefficient (Wildman–Crippen LogP) is 4.76. The van der Waals surface area contributed by atoms with Crippen molar-refractivity contribution in [3.8, 4) is 34.1 Å². The van der Waals surface area contributed by atoms with Gasteiger partial charge in [-0.1, -0.05) is 24.3 Å². The number of imidazole rings is 1. The Balaban J connectivity index is 1.29. The smallest absolute Gasteiger partial charge is 0.183 e. The average Bonchev–Trinajstić information content (AvgIpc) is 3.57. The molecule has 6 rings (SSSR count). The maximum atomic E-state index is 6.49. The Bertz CT molecular complexity index is 1700. The van der Waals surface area contributed by atoms with Gasteiger partial charge in [0.1, 0.15) is 23.7 Å². The topological polar surface area (TPSA) is 97.1 Å². The van der Waals surface area contributed by atoms with Gasteiger partial charge in [-0.15, -0.1) is 0 Å². The van der Waals surface area contributed by atoms with Crippen molar-refractivity contribution in [3.63, 3.8) is 0 Å². The molecule has 0 fully saturated rings. The fourth-order valence-corrected chi connectivity index (χ4v) is 4.26. The van der Waals surface area contributed by atoms with Crippen LogP contribution < -0.4 is 4.74 Å². The van der Waals surface area contributed by atoms with Crippen LogP contribution in [-0.2, 0) is 13.1 Å². The number of nitrogens with zero attached hydrogens (tertiary/aromatic N) is 7. The molecule has 1 aromatic carbocycles. The number of aromatic nitrogens is 7. The lowest BCUT2D eigenvalue weighted by Gasteiger charge is -2.18. The largest absolute Gasteiger partial charge is 0.457 e. The van der Waals surface area contributed by atoms with Gasteiger partial charge in [0.15, 0.2) is 13.6 Å². The zero-order valence-corrected chi connectivity index (χ0v) is 20.7. The summed E-state index contributed by atoms with van der Waals surface area (Å²) in [6, 6.07) is 21.3. The highest BCUT2D eigenvalue weighted by Crippen LogP contribution is 2.30. The maximum absolute atomic E-state index is 6.49. The average molecular weight is 498 g/mol. The van der Waals surface area contributed by atoms with E-state index in [0.717, 1.165) is 45.3 Å². The van der Waals surface area contributed by atoms with Crippen molar-refractivity contribution >= 4 is 13.6 Å². The first-order valence-electron chi connectivity index (χ1n) is 12.1. The van der Waals surface area contributed by atoms with Gasteiger partial charge in [0.2, 0.25) is 0 Å². The van der Waals surface area contributed by atoms with Crippen LogP contribution in [0.25, 0.3) is 28.3 Å². The summed E-state index contributed by atoms with van der Waals surface area (Å²) in [6.45, 7) is 2.81. The molecule has 1 N–H and O–H groups in total. The van der Waals surface area contributed by atoms with Crippen molar-refractivity contribution in [2.45, 2.75) is 20.0 Å². The van der Waals surface area contributed by atoms with Crippen LogP contribution in [0, 0.1) is 6.92 Å². The number of benzene rings is 1. The lowest BCUT2D eigenvalue weighted by atomic mass is 10.1. The van der Waals surface area contributed by atoms with Gasteiger partial charge in [-0.05, 0) is 49.4 Å². The highest BCUT2D eigenvalue weighted by atomic mass is 16.5. The van der Waals surface area contributed by atoms with Crippen LogP contribution in [0.15, 0.2) is 91.6 Å². The molecule has 5 heterocycles. The van der Waals surface area contributed by atoms with Crippen LogP contribution in [0.3, 0.4) is 0 Å². The van der Waals surface area contributed by atoms with Gasteiger partial charge in [-0.3, -0.25) is 9.97 Å². The van der Waals surface area contributed by atoms with E-state index in [1.807, 2.05) is 79.9 Å². The number of H-pyrrole nitrogens is 1. The number of pyridine rings is 3. The van der Waals surface area contributed by atoms with Crippen LogP contribution in [0.1, 0.15) is 17.1 Å². The second-order valence-corrected chi connectivity index (χ2v) is 8.85. The second kappa shape index (κ2) is 10.3. The van der Waals surface area contributed by atoms with Gasteiger partial charge in [-0.2, -0.15) is 5.10 Å². The summed E-state index contributed by atoms with van der Waals surface area (Å²) in [6.07, 6.45) is 6.83. The third-order valence-electron chi connectivity index (χ3n) is 6.02. The van der Waals surface area contributed by atoms with E-state index < -0.39 is 0 Å². The Labute approximate surface area is 220 Å². The monoisotopic (exact) mass is 498 g/mol. The van der Waals surface area contributed by atoms with E-state index in [1.54, 1.807) is 21.7 Å². The summed E-state index contributed by atoms with van der Waals surface area (Å²) in [7, 11) is 6.49. The Kier molecular flexibility index (Phi) is 6.37. The summed E-state index contributed by atoms with van der Waals surface area (Å²) in [5.41, 5.74) is 5.92. The molecule has 5 aromatic heterocycles. The normalized spacial score (nSPS) is 11.3. The minimum Gasteiger partial charge on any atom is -0.457 e. The predicted molar refractivity (Wildman–Crippen MR) is 144 cm³/mol. The van der Waals surface area contributed by atoms with E-state index in [9.17, 15) is 0 Å². The summed E-state index contributed by atoms with van der Waals surface area (Å²) >= 11 is 0. The number of ether oxygens (including phenoxy) is 1. The van der Waals surface area contributed by atoms with Crippen LogP contribution in [-0.4, -0.2) is 47.3 Å². The van der Waals surface area contributed by atoms with E-state index in [1.165, 1.54) is 6.33 Å². The van der Waals surface area contributed by atoms with Crippen LogP contribution in [0.4, 0.5) is 0 Å². The molecule has 9 nitrogen and oxygen atoms in total. The van der Waals surface area contributed by atoms with Crippen LogP contribution >= 0.6 is 0 Å². The van der Waals surface area contributed by atoms with Gasteiger partial charge in [0.25, 0.3) is 0 Å². The molecule has 184 valence electrons. The standard InChI is InChI=1S/C28H23BN8O/c1-19-5-4-7-23(33-19)28-27(21-9-10-26-31-18-32-37(26)16-21)34-25(35-28)17-36(29)15-20-6-2-3-8-24(20)38-22-11-13-30-14-12-22/h2-14,16,18H,15,17H2,1H3,(H,34,35). The third kappa shape index (κ3) is 5.02. The molecular formula is C28H23BN8O. The van der Waals surface area contributed by atoms with Gasteiger partial charge in [0, 0.05) is 48.5 Å². The summed E-state index contributed by atoms with van der Waals surface area (Å²) in [5.74, 6) is 2.17. The van der Waals surface area contributed by atoms with Crippen molar-refractivity contribution in [3.05, 3.63) is 109 Å². The Morgan fingerprint density at radius 2 is 1.82 bits per heavy atom. The van der Waals surface area contributed by atoms with Crippen LogP contribution in [0.5, 0.6) is 11.5 Å². The Hall–Kier alpha value is -4.83. The molecule has 10 heteroatoms. The van der Waals surface area contributed by atoms with E-state index >= 15 is 0 Å². The van der Waals surface area contributed by atoms with Crippen molar-refractivity contribution in [2.75, 3.05) is 0 Å². The Morgan fingerprint density at radius 1 is 0.947 bits per heavy atom. The molecule has 0 aliphatic carbocycles. The molecule has 2 radical (unpaired) electrons. The van der Waals surface area contributed by atoms with E-state index in [-0.39, 0.29) is 0 Å². The fourth-order valence-electron chi connectivity index (χ4n) is 4.26. The molecule has 6 aromatic rings. The molecule has 0 bridgehead atoms. The Morgan fingerprint density at radius 3 is 2.68 bits per heavy atom. The zero-order chi connectivity index (χ0) is 25.9. The number of rotatable bonds is 8. The maximum Gasteiger partial charge on any atom is 0.183 e. The molecule has 0 atom stereocenters. The molecule has 0 saturated carbocycles. The number of hydrogen-bond donors (Lipinski definition) is 1. The summed E-state index contributed by atoms with van der Waals surface area (Å²) in [5, 5.41) is 4.27. The summed E-state index contributed by atoms with van der Waals surface area (Å²) < 4.78 is 7.80.